The summed E-state index contributed by atoms with van der Waals surface area (Å²) >= 11 is 0. The van der Waals surface area contributed by atoms with Gasteiger partial charge in [-0.3, -0.25) is 14.5 Å². The summed E-state index contributed by atoms with van der Waals surface area (Å²) < 4.78 is 10.5. The van der Waals surface area contributed by atoms with Crippen molar-refractivity contribution in [3.63, 3.8) is 0 Å². The number of nitrogens with zero attached hydrogens (tertiary/aromatic N) is 2. The van der Waals surface area contributed by atoms with Crippen LogP contribution in [0.15, 0.2) is 11.6 Å². The van der Waals surface area contributed by atoms with Gasteiger partial charge >= 0.3 is 12.1 Å². The van der Waals surface area contributed by atoms with Gasteiger partial charge in [0.1, 0.15) is 17.7 Å². The second-order valence-corrected chi connectivity index (χ2v) is 12.3. The van der Waals surface area contributed by atoms with Crippen LogP contribution in [-0.2, 0) is 23.9 Å². The minimum absolute atomic E-state index is 0.00337. The molecule has 3 atom stereocenters. The van der Waals surface area contributed by atoms with E-state index in [-0.39, 0.29) is 24.3 Å². The van der Waals surface area contributed by atoms with Crippen molar-refractivity contribution in [1.82, 2.24) is 15.1 Å². The molecule has 214 valence electrons. The van der Waals surface area contributed by atoms with Crippen LogP contribution in [-0.4, -0.2) is 78.1 Å². The van der Waals surface area contributed by atoms with Crippen LogP contribution in [0.3, 0.4) is 0 Å². The first-order valence-corrected chi connectivity index (χ1v) is 13.0. The van der Waals surface area contributed by atoms with Gasteiger partial charge in [-0.25, -0.2) is 9.59 Å². The second kappa shape index (κ2) is 13.8. The van der Waals surface area contributed by atoms with Crippen molar-refractivity contribution in [3.05, 3.63) is 11.6 Å². The van der Waals surface area contributed by atoms with Gasteiger partial charge in [0.2, 0.25) is 11.8 Å². The molecule has 3 amide bonds. The van der Waals surface area contributed by atoms with Crippen LogP contribution in [0.5, 0.6) is 0 Å². The summed E-state index contributed by atoms with van der Waals surface area (Å²) in [6.07, 6.45) is 1.12. The minimum Gasteiger partial charge on any atom is -0.463 e. The summed E-state index contributed by atoms with van der Waals surface area (Å²) in [6, 6.07) is -2.12. The monoisotopic (exact) mass is 525 g/mol. The first kappa shape index (κ1) is 34.4. The zero-order valence-electron chi connectivity index (χ0n) is 25.5. The number of amides is 3. The summed E-state index contributed by atoms with van der Waals surface area (Å²) in [5.41, 5.74) is -0.929. The zero-order valence-corrected chi connectivity index (χ0v) is 25.5. The molecule has 0 saturated carbocycles. The van der Waals surface area contributed by atoms with E-state index in [9.17, 15) is 19.2 Å². The highest BCUT2D eigenvalue weighted by Crippen LogP contribution is 2.25. The average molecular weight is 526 g/mol. The first-order valence-electron chi connectivity index (χ1n) is 13.0. The minimum atomic E-state index is -0.879. The Labute approximate surface area is 224 Å². The number of carbonyl (C=O) groups is 4. The molecule has 0 aromatic carbocycles. The fourth-order valence-corrected chi connectivity index (χ4v) is 3.92. The van der Waals surface area contributed by atoms with Crippen LogP contribution in [0.25, 0.3) is 0 Å². The van der Waals surface area contributed by atoms with Crippen molar-refractivity contribution >= 4 is 23.9 Å². The number of hydrogen-bond donors (Lipinski definition) is 1. The van der Waals surface area contributed by atoms with Gasteiger partial charge < -0.3 is 19.7 Å². The number of esters is 1. The van der Waals surface area contributed by atoms with Crippen molar-refractivity contribution in [1.29, 1.82) is 0 Å². The van der Waals surface area contributed by atoms with E-state index in [2.05, 4.69) is 5.32 Å². The van der Waals surface area contributed by atoms with Gasteiger partial charge in [0.15, 0.2) is 0 Å². The molecule has 0 saturated heterocycles. The maximum Gasteiger partial charge on any atom is 0.410 e. The van der Waals surface area contributed by atoms with E-state index in [0.29, 0.717) is 5.57 Å². The molecule has 0 bridgehead atoms. The van der Waals surface area contributed by atoms with Gasteiger partial charge in [0, 0.05) is 19.7 Å². The number of carbonyl (C=O) groups excluding carboxylic acids is 4. The Bertz CT molecular complexity index is 836. The van der Waals surface area contributed by atoms with E-state index in [4.69, 9.17) is 9.47 Å². The standard InChI is InChI=1S/C28H51N3O6/c1-15-36-25(34)19(6)16-20(17(2)3)30(13)24(33)22(27(7,8)9)29-23(32)21(18(4)5)31(14)26(35)37-28(10,11)12/h16-18,20-22H,15H2,1-14H3,(H,29,32)/b19-16+/t20-,21+,22-/m1/s1. The normalized spacial score (nSPS) is 15.1. The largest absolute Gasteiger partial charge is 0.463 e. The molecule has 0 radical (unpaired) electrons. The number of likely N-dealkylation sites (N-methyl/N-ethyl adjacent to an activating group) is 2. The van der Waals surface area contributed by atoms with Gasteiger partial charge in [-0.15, -0.1) is 0 Å². The number of nitrogens with one attached hydrogen (secondary N) is 1. The van der Waals surface area contributed by atoms with Gasteiger partial charge in [0.05, 0.1) is 12.6 Å². The molecule has 0 aliphatic rings. The fourth-order valence-electron chi connectivity index (χ4n) is 3.92. The van der Waals surface area contributed by atoms with Gasteiger partial charge in [-0.1, -0.05) is 54.5 Å². The molecule has 0 fully saturated rings. The number of hydrogen-bond acceptors (Lipinski definition) is 6. The van der Waals surface area contributed by atoms with Crippen LogP contribution >= 0.6 is 0 Å². The lowest BCUT2D eigenvalue weighted by atomic mass is 9.84. The predicted molar refractivity (Wildman–Crippen MR) is 146 cm³/mol. The van der Waals surface area contributed by atoms with Crippen LogP contribution in [0.1, 0.15) is 83.1 Å². The topological polar surface area (TPSA) is 105 Å². The third-order valence-electron chi connectivity index (χ3n) is 5.89. The molecule has 0 heterocycles. The van der Waals surface area contributed by atoms with Crippen molar-refractivity contribution in [2.24, 2.45) is 17.3 Å². The van der Waals surface area contributed by atoms with Crippen molar-refractivity contribution < 1.29 is 28.7 Å². The van der Waals surface area contributed by atoms with E-state index in [1.165, 1.54) is 11.9 Å². The summed E-state index contributed by atoms with van der Waals surface area (Å²) in [7, 11) is 3.19. The highest BCUT2D eigenvalue weighted by molar-refractivity contribution is 5.92. The lowest BCUT2D eigenvalue weighted by molar-refractivity contribution is -0.142. The van der Waals surface area contributed by atoms with Crippen LogP contribution in [0.4, 0.5) is 4.79 Å². The number of rotatable bonds is 10. The van der Waals surface area contributed by atoms with Gasteiger partial charge in [-0.05, 0) is 51.9 Å². The first-order chi connectivity index (χ1) is 16.6. The third-order valence-corrected chi connectivity index (χ3v) is 5.89. The van der Waals surface area contributed by atoms with Crippen molar-refractivity contribution in [2.45, 2.75) is 107 Å². The summed E-state index contributed by atoms with van der Waals surface area (Å²) in [5, 5.41) is 2.92. The van der Waals surface area contributed by atoms with E-state index in [0.717, 1.165) is 0 Å². The smallest absolute Gasteiger partial charge is 0.410 e. The Kier molecular flexibility index (Phi) is 12.9. The maximum atomic E-state index is 13.8. The van der Waals surface area contributed by atoms with Crippen molar-refractivity contribution in [2.75, 3.05) is 20.7 Å². The molecule has 0 spiro atoms. The molecule has 0 aromatic heterocycles. The predicted octanol–water partition coefficient (Wildman–Crippen LogP) is 4.40. The second-order valence-electron chi connectivity index (χ2n) is 12.3. The maximum absolute atomic E-state index is 13.8. The molecular weight excluding hydrogens is 474 g/mol. The van der Waals surface area contributed by atoms with E-state index in [1.54, 1.807) is 52.6 Å². The van der Waals surface area contributed by atoms with Crippen LogP contribution in [0, 0.1) is 17.3 Å². The Balaban J connectivity index is 6.12. The number of ether oxygens (including phenoxy) is 2. The van der Waals surface area contributed by atoms with Gasteiger partial charge in [0.25, 0.3) is 0 Å². The highest BCUT2D eigenvalue weighted by atomic mass is 16.6. The summed E-state index contributed by atoms with van der Waals surface area (Å²) in [4.78, 5) is 55.0. The molecule has 9 heteroatoms. The summed E-state index contributed by atoms with van der Waals surface area (Å²) in [5.74, 6) is -1.40. The Morgan fingerprint density at radius 3 is 1.78 bits per heavy atom. The molecule has 0 aliphatic carbocycles. The Morgan fingerprint density at radius 2 is 1.41 bits per heavy atom. The molecule has 0 unspecified atom stereocenters. The SMILES string of the molecule is CCOC(=O)/C(C)=C/[C@H](C(C)C)N(C)C(=O)[C@@H](NC(=O)[C@H](C(C)C)N(C)C(=O)OC(C)(C)C)C(C)(C)C. The molecule has 37 heavy (non-hydrogen) atoms. The van der Waals surface area contributed by atoms with Crippen LogP contribution in [0.2, 0.25) is 0 Å². The van der Waals surface area contributed by atoms with E-state index >= 15 is 0 Å². The quantitative estimate of drug-likeness (QED) is 0.335. The Morgan fingerprint density at radius 1 is 0.892 bits per heavy atom. The van der Waals surface area contributed by atoms with E-state index < -0.39 is 47.1 Å². The molecule has 0 rings (SSSR count). The fraction of sp³-hybridized carbons (Fsp3) is 0.786. The molecule has 0 aliphatic heterocycles. The lowest BCUT2D eigenvalue weighted by Crippen LogP contribution is -2.60. The zero-order chi connectivity index (χ0) is 29.5. The Hall–Kier alpha value is -2.58. The lowest BCUT2D eigenvalue weighted by Gasteiger charge is -2.39. The molecular formula is C28H51N3O6. The highest BCUT2D eigenvalue weighted by Gasteiger charge is 2.40. The van der Waals surface area contributed by atoms with E-state index in [1.807, 2.05) is 48.5 Å². The van der Waals surface area contributed by atoms with Gasteiger partial charge in [-0.2, -0.15) is 0 Å². The molecule has 1 N–H and O–H groups in total. The van der Waals surface area contributed by atoms with Crippen LogP contribution < -0.4 is 5.32 Å². The van der Waals surface area contributed by atoms with Crippen molar-refractivity contribution in [3.8, 4) is 0 Å². The molecule has 9 nitrogen and oxygen atoms in total. The summed E-state index contributed by atoms with van der Waals surface area (Å²) in [6.45, 7) is 22.1. The molecule has 0 aromatic rings. The average Bonchev–Trinajstić information content (AvgIpc) is 2.72. The third kappa shape index (κ3) is 10.7.